The molecule has 1 N–H and O–H groups in total. The Balaban J connectivity index is 2.49. The first-order valence-electron chi connectivity index (χ1n) is 4.20. The Morgan fingerprint density at radius 1 is 1.33 bits per heavy atom. The van der Waals surface area contributed by atoms with Crippen molar-refractivity contribution in [2.24, 2.45) is 0 Å². The summed E-state index contributed by atoms with van der Waals surface area (Å²) in [4.78, 5) is 14.5. The van der Waals surface area contributed by atoms with E-state index in [4.69, 9.17) is 5.11 Å². The second kappa shape index (κ2) is 3.53. The zero-order chi connectivity index (χ0) is 10.8. The highest BCUT2D eigenvalue weighted by Gasteiger charge is 2.10. The Bertz CT molecular complexity index is 490. The number of aromatic nitrogens is 2. The Morgan fingerprint density at radius 3 is 2.60 bits per heavy atom. The molecule has 15 heavy (non-hydrogen) atoms. The predicted molar refractivity (Wildman–Crippen MR) is 50.5 cm³/mol. The van der Waals surface area contributed by atoms with E-state index >= 15 is 0 Å². The van der Waals surface area contributed by atoms with Gasteiger partial charge in [-0.15, -0.1) is 0 Å². The molecule has 0 aliphatic carbocycles. The Morgan fingerprint density at radius 2 is 2.00 bits per heavy atom. The first-order valence-corrected chi connectivity index (χ1v) is 4.20. The van der Waals surface area contributed by atoms with E-state index in [9.17, 15) is 9.18 Å². The van der Waals surface area contributed by atoms with Gasteiger partial charge in [0.05, 0.1) is 12.5 Å². The summed E-state index contributed by atoms with van der Waals surface area (Å²) in [5, 5.41) is 8.84. The average Bonchev–Trinajstić information content (AvgIpc) is 2.67. The van der Waals surface area contributed by atoms with Crippen LogP contribution in [-0.4, -0.2) is 20.6 Å². The number of carboxylic acid groups (broad SMARTS) is 1. The third-order valence-electron chi connectivity index (χ3n) is 1.96. The van der Waals surface area contributed by atoms with E-state index in [-0.39, 0.29) is 11.5 Å². The summed E-state index contributed by atoms with van der Waals surface area (Å²) in [5.41, 5.74) is 0.605. The molecule has 5 heteroatoms. The summed E-state index contributed by atoms with van der Waals surface area (Å²) in [6, 6.07) is 5.51. The number of halogens is 1. The zero-order valence-electron chi connectivity index (χ0n) is 7.59. The summed E-state index contributed by atoms with van der Waals surface area (Å²) in [6.45, 7) is 0. The molecule has 76 valence electrons. The fourth-order valence-electron chi connectivity index (χ4n) is 1.26. The zero-order valence-corrected chi connectivity index (χ0v) is 7.59. The van der Waals surface area contributed by atoms with Gasteiger partial charge in [-0.1, -0.05) is 0 Å². The Labute approximate surface area is 84.6 Å². The minimum absolute atomic E-state index is 0.0432. The summed E-state index contributed by atoms with van der Waals surface area (Å²) < 4.78 is 14.0. The molecule has 0 amide bonds. The van der Waals surface area contributed by atoms with Gasteiger partial charge in [-0.25, -0.2) is 14.2 Å². The second-order valence-electron chi connectivity index (χ2n) is 2.93. The van der Waals surface area contributed by atoms with Crippen LogP contribution >= 0.6 is 0 Å². The van der Waals surface area contributed by atoms with Crippen LogP contribution in [0.1, 0.15) is 10.5 Å². The molecule has 0 radical (unpaired) electrons. The molecule has 1 heterocycles. The van der Waals surface area contributed by atoms with E-state index in [1.165, 1.54) is 41.4 Å². The first kappa shape index (κ1) is 9.39. The van der Waals surface area contributed by atoms with E-state index in [1.54, 1.807) is 0 Å². The summed E-state index contributed by atoms with van der Waals surface area (Å²) in [6.07, 6.45) is 2.61. The maximum absolute atomic E-state index is 12.6. The molecule has 0 unspecified atom stereocenters. The van der Waals surface area contributed by atoms with E-state index < -0.39 is 5.97 Å². The number of aromatic carboxylic acids is 1. The molecule has 1 aromatic heterocycles. The van der Waals surface area contributed by atoms with E-state index in [1.807, 2.05) is 0 Å². The molecular weight excluding hydrogens is 199 g/mol. The van der Waals surface area contributed by atoms with Crippen LogP contribution in [-0.2, 0) is 0 Å². The highest BCUT2D eigenvalue weighted by atomic mass is 19.1. The number of rotatable bonds is 2. The van der Waals surface area contributed by atoms with Crippen LogP contribution in [0, 0.1) is 5.82 Å². The summed E-state index contributed by atoms with van der Waals surface area (Å²) in [7, 11) is 0. The van der Waals surface area contributed by atoms with Crippen LogP contribution in [0.15, 0.2) is 36.8 Å². The van der Waals surface area contributed by atoms with Crippen molar-refractivity contribution >= 4 is 5.97 Å². The second-order valence-corrected chi connectivity index (χ2v) is 2.93. The lowest BCUT2D eigenvalue weighted by Gasteiger charge is -2.04. The van der Waals surface area contributed by atoms with Gasteiger partial charge in [-0.3, -0.25) is 4.57 Å². The summed E-state index contributed by atoms with van der Waals surface area (Å²) >= 11 is 0. The van der Waals surface area contributed by atoms with Gasteiger partial charge in [0.25, 0.3) is 0 Å². The van der Waals surface area contributed by atoms with Gasteiger partial charge in [0.2, 0.25) is 0 Å². The largest absolute Gasteiger partial charge is 0.477 e. The quantitative estimate of drug-likeness (QED) is 0.813. The summed E-state index contributed by atoms with van der Waals surface area (Å²) in [5.74, 6) is -1.44. The topological polar surface area (TPSA) is 55.1 Å². The fourth-order valence-corrected chi connectivity index (χ4v) is 1.26. The van der Waals surface area contributed by atoms with Crippen molar-refractivity contribution in [1.29, 1.82) is 0 Å². The first-order chi connectivity index (χ1) is 7.18. The molecule has 0 aliphatic heterocycles. The van der Waals surface area contributed by atoms with Gasteiger partial charge in [0, 0.05) is 5.69 Å². The number of nitrogens with zero attached hydrogens (tertiary/aromatic N) is 2. The molecule has 0 atom stereocenters. The van der Waals surface area contributed by atoms with E-state index in [0.29, 0.717) is 5.69 Å². The number of hydrogen-bond donors (Lipinski definition) is 1. The van der Waals surface area contributed by atoms with Crippen LogP contribution in [0.4, 0.5) is 4.39 Å². The molecule has 2 rings (SSSR count). The van der Waals surface area contributed by atoms with Crippen LogP contribution in [0.25, 0.3) is 5.69 Å². The Hall–Kier alpha value is -2.17. The van der Waals surface area contributed by atoms with E-state index in [2.05, 4.69) is 4.98 Å². The maximum atomic E-state index is 12.6. The van der Waals surface area contributed by atoms with Gasteiger partial charge >= 0.3 is 5.97 Å². The van der Waals surface area contributed by atoms with Crippen molar-refractivity contribution in [2.45, 2.75) is 0 Å². The normalized spacial score (nSPS) is 10.2. The standard InChI is InChI=1S/C10H7FN2O2/c11-7-1-3-8(4-2-7)13-6-12-5-9(13)10(14)15/h1-6H,(H,14,15). The van der Waals surface area contributed by atoms with E-state index in [0.717, 1.165) is 0 Å². The van der Waals surface area contributed by atoms with Gasteiger partial charge in [0.15, 0.2) is 5.69 Å². The molecular formula is C10H7FN2O2. The highest BCUT2D eigenvalue weighted by Crippen LogP contribution is 2.11. The SMILES string of the molecule is O=C(O)c1cncn1-c1ccc(F)cc1. The number of carboxylic acids is 1. The maximum Gasteiger partial charge on any atom is 0.354 e. The monoisotopic (exact) mass is 206 g/mol. The Kier molecular flexibility index (Phi) is 2.21. The molecule has 4 nitrogen and oxygen atoms in total. The molecule has 0 aliphatic rings. The fraction of sp³-hybridized carbons (Fsp3) is 0. The third kappa shape index (κ3) is 1.71. The smallest absolute Gasteiger partial charge is 0.354 e. The molecule has 0 bridgehead atoms. The number of imidazole rings is 1. The molecule has 2 aromatic rings. The molecule has 0 fully saturated rings. The lowest BCUT2D eigenvalue weighted by molar-refractivity contribution is 0.0688. The van der Waals surface area contributed by atoms with Gasteiger partial charge in [-0.05, 0) is 24.3 Å². The molecule has 0 saturated carbocycles. The van der Waals surface area contributed by atoms with Crippen LogP contribution in [0.3, 0.4) is 0 Å². The van der Waals surface area contributed by atoms with Crippen molar-refractivity contribution in [3.05, 3.63) is 48.3 Å². The minimum Gasteiger partial charge on any atom is -0.477 e. The predicted octanol–water partition coefficient (Wildman–Crippen LogP) is 1.71. The molecule has 0 saturated heterocycles. The van der Waals surface area contributed by atoms with Crippen LogP contribution in [0.5, 0.6) is 0 Å². The lowest BCUT2D eigenvalue weighted by Crippen LogP contribution is -2.05. The van der Waals surface area contributed by atoms with Crippen molar-refractivity contribution in [3.63, 3.8) is 0 Å². The highest BCUT2D eigenvalue weighted by molar-refractivity contribution is 5.86. The minimum atomic E-state index is -1.07. The van der Waals surface area contributed by atoms with Crippen molar-refractivity contribution in [3.8, 4) is 5.69 Å². The van der Waals surface area contributed by atoms with Gasteiger partial charge in [0.1, 0.15) is 5.82 Å². The van der Waals surface area contributed by atoms with Crippen molar-refractivity contribution in [1.82, 2.24) is 9.55 Å². The van der Waals surface area contributed by atoms with Gasteiger partial charge < -0.3 is 5.11 Å². The van der Waals surface area contributed by atoms with Crippen LogP contribution < -0.4 is 0 Å². The molecule has 0 spiro atoms. The van der Waals surface area contributed by atoms with Gasteiger partial charge in [-0.2, -0.15) is 0 Å². The average molecular weight is 206 g/mol. The lowest BCUT2D eigenvalue weighted by atomic mass is 10.3. The van der Waals surface area contributed by atoms with Crippen LogP contribution in [0.2, 0.25) is 0 Å². The molecule has 1 aromatic carbocycles. The van der Waals surface area contributed by atoms with Crippen molar-refractivity contribution < 1.29 is 14.3 Å². The number of carbonyl (C=O) groups is 1. The number of hydrogen-bond acceptors (Lipinski definition) is 2. The van der Waals surface area contributed by atoms with Crippen molar-refractivity contribution in [2.75, 3.05) is 0 Å². The third-order valence-corrected chi connectivity index (χ3v) is 1.96. The number of benzene rings is 1.